The van der Waals surface area contributed by atoms with Crippen LogP contribution in [0.25, 0.3) is 0 Å². The van der Waals surface area contributed by atoms with Crippen LogP contribution in [0.1, 0.15) is 33.2 Å². The van der Waals surface area contributed by atoms with Crippen LogP contribution >= 0.6 is 0 Å². The Hall–Kier alpha value is -2.75. The summed E-state index contributed by atoms with van der Waals surface area (Å²) in [5.41, 5.74) is 3.26. The molecule has 0 spiro atoms. The van der Waals surface area contributed by atoms with E-state index in [2.05, 4.69) is 4.74 Å². The number of hydrogen-bond donors (Lipinski definition) is 1. The first-order chi connectivity index (χ1) is 12.7. The molecule has 0 aliphatic rings. The maximum absolute atomic E-state index is 12.7. The summed E-state index contributed by atoms with van der Waals surface area (Å²) in [6, 6.07) is 26.5. The first kappa shape index (κ1) is 19.6. The highest BCUT2D eigenvalue weighted by Gasteiger charge is 2.21. The minimum Gasteiger partial charge on any atom is -0.388 e. The SMILES string of the molecule is COC.O=C(c1ccccc1Cc1ccccc1)C(O)c1ccccc1. The molecule has 0 radical (unpaired) electrons. The molecule has 1 unspecified atom stereocenters. The van der Waals surface area contributed by atoms with Gasteiger partial charge in [0.05, 0.1) is 0 Å². The predicted molar refractivity (Wildman–Crippen MR) is 104 cm³/mol. The maximum atomic E-state index is 12.7. The maximum Gasteiger partial charge on any atom is 0.196 e. The van der Waals surface area contributed by atoms with Gasteiger partial charge in [-0.25, -0.2) is 0 Å². The van der Waals surface area contributed by atoms with Gasteiger partial charge in [0.25, 0.3) is 0 Å². The summed E-state index contributed by atoms with van der Waals surface area (Å²) in [7, 11) is 3.25. The topological polar surface area (TPSA) is 46.5 Å². The lowest BCUT2D eigenvalue weighted by Crippen LogP contribution is -2.14. The fraction of sp³-hybridized carbons (Fsp3) is 0.174. The van der Waals surface area contributed by atoms with Crippen LogP contribution in [-0.2, 0) is 11.2 Å². The van der Waals surface area contributed by atoms with E-state index in [4.69, 9.17) is 0 Å². The van der Waals surface area contributed by atoms with E-state index in [1.807, 2.05) is 66.7 Å². The van der Waals surface area contributed by atoms with Crippen molar-refractivity contribution in [3.05, 3.63) is 107 Å². The molecule has 3 rings (SSSR count). The van der Waals surface area contributed by atoms with Crippen molar-refractivity contribution in [2.24, 2.45) is 0 Å². The zero-order chi connectivity index (χ0) is 18.8. The molecule has 0 fully saturated rings. The molecular weight excluding hydrogens is 324 g/mol. The Morgan fingerprint density at radius 3 is 1.96 bits per heavy atom. The lowest BCUT2D eigenvalue weighted by atomic mass is 9.93. The van der Waals surface area contributed by atoms with Gasteiger partial charge >= 0.3 is 0 Å². The van der Waals surface area contributed by atoms with Gasteiger partial charge in [-0.05, 0) is 23.1 Å². The minimum absolute atomic E-state index is 0.261. The molecule has 134 valence electrons. The third-order valence-corrected chi connectivity index (χ3v) is 3.88. The average Bonchev–Trinajstić information content (AvgIpc) is 2.69. The van der Waals surface area contributed by atoms with Crippen molar-refractivity contribution in [2.75, 3.05) is 14.2 Å². The second-order valence-electron chi connectivity index (χ2n) is 5.91. The van der Waals surface area contributed by atoms with Crippen molar-refractivity contribution < 1.29 is 14.6 Å². The van der Waals surface area contributed by atoms with Crippen molar-refractivity contribution in [1.82, 2.24) is 0 Å². The Morgan fingerprint density at radius 2 is 1.35 bits per heavy atom. The molecule has 3 heteroatoms. The number of aliphatic hydroxyl groups excluding tert-OH is 1. The smallest absolute Gasteiger partial charge is 0.196 e. The Bertz CT molecular complexity index is 798. The number of carbonyl (C=O) groups is 1. The Balaban J connectivity index is 0.000000758. The number of Topliss-reactive ketones (excluding diaryl/α,β-unsaturated/α-hetero) is 1. The van der Waals surface area contributed by atoms with Crippen molar-refractivity contribution in [2.45, 2.75) is 12.5 Å². The second kappa shape index (κ2) is 10.3. The zero-order valence-electron chi connectivity index (χ0n) is 15.1. The van der Waals surface area contributed by atoms with E-state index in [1.165, 1.54) is 0 Å². The number of methoxy groups -OCH3 is 1. The molecule has 0 bridgehead atoms. The highest BCUT2D eigenvalue weighted by molar-refractivity contribution is 6.01. The summed E-state index contributed by atoms with van der Waals surface area (Å²) in [5.74, 6) is -0.261. The number of ketones is 1. The van der Waals surface area contributed by atoms with Gasteiger partial charge in [0.1, 0.15) is 6.10 Å². The van der Waals surface area contributed by atoms with Gasteiger partial charge in [-0.3, -0.25) is 4.79 Å². The van der Waals surface area contributed by atoms with Gasteiger partial charge in [-0.2, -0.15) is 0 Å². The first-order valence-electron chi connectivity index (χ1n) is 8.46. The molecule has 0 aliphatic heterocycles. The van der Waals surface area contributed by atoms with Crippen LogP contribution in [0, 0.1) is 0 Å². The van der Waals surface area contributed by atoms with E-state index in [0.717, 1.165) is 11.1 Å². The summed E-state index contributed by atoms with van der Waals surface area (Å²) in [5, 5.41) is 10.4. The Labute approximate surface area is 154 Å². The van der Waals surface area contributed by atoms with Crippen LogP contribution in [-0.4, -0.2) is 25.1 Å². The molecule has 3 aromatic rings. The summed E-state index contributed by atoms with van der Waals surface area (Å²) in [4.78, 5) is 12.7. The van der Waals surface area contributed by atoms with E-state index in [1.54, 1.807) is 32.4 Å². The number of benzene rings is 3. The van der Waals surface area contributed by atoms with E-state index >= 15 is 0 Å². The van der Waals surface area contributed by atoms with Gasteiger partial charge in [-0.1, -0.05) is 84.9 Å². The summed E-state index contributed by atoms with van der Waals surface area (Å²) < 4.78 is 4.25. The lowest BCUT2D eigenvalue weighted by Gasteiger charge is -2.13. The first-order valence-corrected chi connectivity index (χ1v) is 8.46. The molecule has 1 atom stereocenters. The summed E-state index contributed by atoms with van der Waals surface area (Å²) in [6.07, 6.45) is -0.460. The normalized spacial score (nSPS) is 11.2. The standard InChI is InChI=1S/C21H18O2.C2H6O/c22-20(17-11-5-2-6-12-17)21(23)19-14-8-7-13-18(19)15-16-9-3-1-4-10-16;1-3-2/h1-14,20,22H,15H2;1-2H3. The number of aliphatic hydroxyl groups is 1. The van der Waals surface area contributed by atoms with Crippen LogP contribution in [0.2, 0.25) is 0 Å². The molecule has 3 nitrogen and oxygen atoms in total. The second-order valence-corrected chi connectivity index (χ2v) is 5.91. The Kier molecular flexibility index (Phi) is 7.75. The Morgan fingerprint density at radius 1 is 0.846 bits per heavy atom. The molecule has 0 saturated carbocycles. The molecule has 0 amide bonds. The van der Waals surface area contributed by atoms with Gasteiger partial charge < -0.3 is 9.84 Å². The summed E-state index contributed by atoms with van der Waals surface area (Å²) in [6.45, 7) is 0. The molecule has 0 aliphatic carbocycles. The molecule has 0 saturated heterocycles. The molecule has 1 N–H and O–H groups in total. The molecule has 26 heavy (non-hydrogen) atoms. The van der Waals surface area contributed by atoms with E-state index < -0.39 is 6.10 Å². The van der Waals surface area contributed by atoms with Gasteiger partial charge in [0.2, 0.25) is 0 Å². The van der Waals surface area contributed by atoms with Crippen LogP contribution in [0.5, 0.6) is 0 Å². The van der Waals surface area contributed by atoms with Crippen molar-refractivity contribution in [1.29, 1.82) is 0 Å². The van der Waals surface area contributed by atoms with Crippen LogP contribution in [0.3, 0.4) is 0 Å². The van der Waals surface area contributed by atoms with E-state index in [-0.39, 0.29) is 5.78 Å². The van der Waals surface area contributed by atoms with E-state index in [9.17, 15) is 9.90 Å². The van der Waals surface area contributed by atoms with Crippen LogP contribution in [0.4, 0.5) is 0 Å². The molecular formula is C23H24O3. The minimum atomic E-state index is -1.13. The number of rotatable bonds is 5. The monoisotopic (exact) mass is 348 g/mol. The third-order valence-electron chi connectivity index (χ3n) is 3.88. The quantitative estimate of drug-likeness (QED) is 0.693. The third kappa shape index (κ3) is 5.38. The predicted octanol–water partition coefficient (Wildman–Crippen LogP) is 4.46. The number of carbonyl (C=O) groups excluding carboxylic acids is 1. The van der Waals surface area contributed by atoms with Crippen molar-refractivity contribution >= 4 is 5.78 Å². The van der Waals surface area contributed by atoms with Crippen molar-refractivity contribution in [3.8, 4) is 0 Å². The average molecular weight is 348 g/mol. The van der Waals surface area contributed by atoms with E-state index in [0.29, 0.717) is 17.5 Å². The highest BCUT2D eigenvalue weighted by Crippen LogP contribution is 2.22. The van der Waals surface area contributed by atoms with Gasteiger partial charge in [-0.15, -0.1) is 0 Å². The lowest BCUT2D eigenvalue weighted by molar-refractivity contribution is 0.0746. The highest BCUT2D eigenvalue weighted by atomic mass is 16.4. The number of hydrogen-bond acceptors (Lipinski definition) is 3. The largest absolute Gasteiger partial charge is 0.388 e. The fourth-order valence-electron chi connectivity index (χ4n) is 2.66. The molecule has 3 aromatic carbocycles. The zero-order valence-corrected chi connectivity index (χ0v) is 15.1. The number of ether oxygens (including phenoxy) is 1. The van der Waals surface area contributed by atoms with Crippen LogP contribution in [0.15, 0.2) is 84.9 Å². The molecule has 0 aromatic heterocycles. The van der Waals surface area contributed by atoms with Gasteiger partial charge in [0.15, 0.2) is 5.78 Å². The van der Waals surface area contributed by atoms with Gasteiger partial charge in [0, 0.05) is 19.8 Å². The van der Waals surface area contributed by atoms with Crippen LogP contribution < -0.4 is 0 Å². The summed E-state index contributed by atoms with van der Waals surface area (Å²) >= 11 is 0. The van der Waals surface area contributed by atoms with Crippen molar-refractivity contribution in [3.63, 3.8) is 0 Å². The molecule has 0 heterocycles. The fourth-order valence-corrected chi connectivity index (χ4v) is 2.66.